The number of hydrogen-bond acceptors (Lipinski definition) is 6. The lowest BCUT2D eigenvalue weighted by Crippen LogP contribution is -2.17. The van der Waals surface area contributed by atoms with Crippen LogP contribution in [0.25, 0.3) is 0 Å². The molecule has 32 heavy (non-hydrogen) atoms. The molecule has 0 saturated carbocycles. The van der Waals surface area contributed by atoms with Gasteiger partial charge in [-0.2, -0.15) is 5.10 Å². The quantitative estimate of drug-likeness (QED) is 0.216. The third-order valence-electron chi connectivity index (χ3n) is 4.24. The standard InChI is InChI=1S/C24H24FN3O4/c1-2-30-23-15-17(16-27-28-24(29)18-4-8-20(26)9-5-18)3-12-22(23)32-14-13-31-21-10-6-19(25)7-11-21/h3-12,15-16H,2,13-14,26H2,1H3,(H,28,29)/b27-16+. The monoisotopic (exact) mass is 437 g/mol. The van der Waals surface area contributed by atoms with Crippen LogP contribution in [0, 0.1) is 5.82 Å². The number of rotatable bonds is 10. The molecule has 0 saturated heterocycles. The Bertz CT molecular complexity index is 1050. The number of carbonyl (C=O) groups excluding carboxylic acids is 1. The summed E-state index contributed by atoms with van der Waals surface area (Å²) in [6.07, 6.45) is 1.51. The minimum absolute atomic E-state index is 0.280. The van der Waals surface area contributed by atoms with Gasteiger partial charge in [0.15, 0.2) is 11.5 Å². The van der Waals surface area contributed by atoms with Crippen LogP contribution in [0.1, 0.15) is 22.8 Å². The van der Waals surface area contributed by atoms with Crippen molar-refractivity contribution < 1.29 is 23.4 Å². The third-order valence-corrected chi connectivity index (χ3v) is 4.24. The highest BCUT2D eigenvalue weighted by Crippen LogP contribution is 2.28. The van der Waals surface area contributed by atoms with Crippen LogP contribution in [0.4, 0.5) is 10.1 Å². The minimum atomic E-state index is -0.340. The van der Waals surface area contributed by atoms with E-state index in [9.17, 15) is 9.18 Å². The molecule has 3 aromatic carbocycles. The van der Waals surface area contributed by atoms with Crippen molar-refractivity contribution in [2.45, 2.75) is 6.92 Å². The predicted molar refractivity (Wildman–Crippen MR) is 121 cm³/mol. The molecule has 1 amide bonds. The van der Waals surface area contributed by atoms with Gasteiger partial charge in [-0.15, -0.1) is 0 Å². The number of ether oxygens (including phenoxy) is 3. The zero-order valence-electron chi connectivity index (χ0n) is 17.6. The predicted octanol–water partition coefficient (Wildman–Crippen LogP) is 4.03. The molecule has 0 radical (unpaired) electrons. The first-order valence-electron chi connectivity index (χ1n) is 10.0. The maximum absolute atomic E-state index is 12.9. The Hall–Kier alpha value is -4.07. The van der Waals surface area contributed by atoms with Crippen LogP contribution in [0.3, 0.4) is 0 Å². The zero-order chi connectivity index (χ0) is 22.8. The summed E-state index contributed by atoms with van der Waals surface area (Å²) < 4.78 is 29.8. The number of carbonyl (C=O) groups is 1. The summed E-state index contributed by atoms with van der Waals surface area (Å²) in [4.78, 5) is 12.1. The van der Waals surface area contributed by atoms with E-state index in [4.69, 9.17) is 19.9 Å². The largest absolute Gasteiger partial charge is 0.490 e. The molecule has 3 rings (SSSR count). The molecule has 0 aliphatic carbocycles. The van der Waals surface area contributed by atoms with Crippen LogP contribution < -0.4 is 25.4 Å². The van der Waals surface area contributed by atoms with Gasteiger partial charge in [-0.25, -0.2) is 9.82 Å². The molecule has 0 bridgehead atoms. The summed E-state index contributed by atoms with van der Waals surface area (Å²) in [5.41, 5.74) is 9.85. The normalized spacial score (nSPS) is 10.7. The van der Waals surface area contributed by atoms with E-state index in [0.29, 0.717) is 35.1 Å². The van der Waals surface area contributed by atoms with Crippen molar-refractivity contribution in [2.24, 2.45) is 5.10 Å². The number of amides is 1. The SMILES string of the molecule is CCOc1cc(/C=N/NC(=O)c2ccc(N)cc2)ccc1OCCOc1ccc(F)cc1. The second-order valence-electron chi connectivity index (χ2n) is 6.61. The van der Waals surface area contributed by atoms with E-state index in [-0.39, 0.29) is 24.9 Å². The van der Waals surface area contributed by atoms with Crippen molar-refractivity contribution in [3.63, 3.8) is 0 Å². The Kier molecular flexibility index (Phi) is 8.02. The Labute approximate surface area is 185 Å². The number of nitrogens with zero attached hydrogens (tertiary/aromatic N) is 1. The van der Waals surface area contributed by atoms with Crippen LogP contribution in [-0.2, 0) is 0 Å². The fourth-order valence-electron chi connectivity index (χ4n) is 2.70. The van der Waals surface area contributed by atoms with E-state index in [2.05, 4.69) is 10.5 Å². The molecule has 0 aliphatic heterocycles. The van der Waals surface area contributed by atoms with Crippen LogP contribution in [0.2, 0.25) is 0 Å². The van der Waals surface area contributed by atoms with Crippen molar-refractivity contribution >= 4 is 17.8 Å². The van der Waals surface area contributed by atoms with Gasteiger partial charge in [0.2, 0.25) is 0 Å². The molecule has 3 N–H and O–H groups in total. The number of benzene rings is 3. The first kappa shape index (κ1) is 22.6. The van der Waals surface area contributed by atoms with Gasteiger partial charge in [0.25, 0.3) is 5.91 Å². The van der Waals surface area contributed by atoms with E-state index in [1.807, 2.05) is 6.92 Å². The molecule has 0 spiro atoms. The second kappa shape index (κ2) is 11.4. The Balaban J connectivity index is 1.54. The fraction of sp³-hybridized carbons (Fsp3) is 0.167. The lowest BCUT2D eigenvalue weighted by molar-refractivity contribution is 0.0955. The summed E-state index contributed by atoms with van der Waals surface area (Å²) in [6, 6.07) is 17.6. The molecule has 0 unspecified atom stereocenters. The molecule has 3 aromatic rings. The topological polar surface area (TPSA) is 95.2 Å². The summed E-state index contributed by atoms with van der Waals surface area (Å²) in [5.74, 6) is 1.00. The Morgan fingerprint density at radius 1 is 0.969 bits per heavy atom. The van der Waals surface area contributed by atoms with E-state index >= 15 is 0 Å². The summed E-state index contributed by atoms with van der Waals surface area (Å²) >= 11 is 0. The van der Waals surface area contributed by atoms with Gasteiger partial charge in [-0.3, -0.25) is 4.79 Å². The van der Waals surface area contributed by atoms with Gasteiger partial charge in [0.1, 0.15) is 24.8 Å². The molecule has 0 fully saturated rings. The maximum Gasteiger partial charge on any atom is 0.271 e. The maximum atomic E-state index is 12.9. The third kappa shape index (κ3) is 6.73. The smallest absolute Gasteiger partial charge is 0.271 e. The van der Waals surface area contributed by atoms with E-state index in [1.165, 1.54) is 18.3 Å². The first-order valence-corrected chi connectivity index (χ1v) is 10.0. The zero-order valence-corrected chi connectivity index (χ0v) is 17.6. The number of anilines is 1. The van der Waals surface area contributed by atoms with E-state index in [0.717, 1.165) is 5.56 Å². The van der Waals surface area contributed by atoms with Crippen LogP contribution in [0.5, 0.6) is 17.2 Å². The molecular weight excluding hydrogens is 413 g/mol. The van der Waals surface area contributed by atoms with Gasteiger partial charge in [-0.1, -0.05) is 0 Å². The molecule has 0 heterocycles. The number of nitrogens with two attached hydrogens (primary N) is 1. The van der Waals surface area contributed by atoms with Gasteiger partial charge in [0.05, 0.1) is 12.8 Å². The van der Waals surface area contributed by atoms with Gasteiger partial charge >= 0.3 is 0 Å². The Morgan fingerprint density at radius 2 is 1.69 bits per heavy atom. The first-order chi connectivity index (χ1) is 15.5. The fourth-order valence-corrected chi connectivity index (χ4v) is 2.70. The average Bonchev–Trinajstić information content (AvgIpc) is 2.79. The summed E-state index contributed by atoms with van der Waals surface area (Å²) in [6.45, 7) is 2.89. The lowest BCUT2D eigenvalue weighted by Gasteiger charge is -2.13. The molecule has 166 valence electrons. The van der Waals surface area contributed by atoms with Crippen LogP contribution >= 0.6 is 0 Å². The highest BCUT2D eigenvalue weighted by Gasteiger charge is 2.07. The molecular formula is C24H24FN3O4. The number of halogens is 1. The van der Waals surface area contributed by atoms with Crippen molar-refractivity contribution in [1.82, 2.24) is 5.43 Å². The number of hydrazone groups is 1. The van der Waals surface area contributed by atoms with E-state index < -0.39 is 0 Å². The lowest BCUT2D eigenvalue weighted by atomic mass is 10.2. The Morgan fingerprint density at radius 3 is 2.41 bits per heavy atom. The summed E-state index contributed by atoms with van der Waals surface area (Å²) in [5, 5.41) is 3.99. The number of nitrogens with one attached hydrogen (secondary N) is 1. The van der Waals surface area contributed by atoms with Crippen molar-refractivity contribution in [3.8, 4) is 17.2 Å². The average molecular weight is 437 g/mol. The highest BCUT2D eigenvalue weighted by atomic mass is 19.1. The molecule has 0 atom stereocenters. The molecule has 8 heteroatoms. The molecule has 0 aliphatic rings. The van der Waals surface area contributed by atoms with Crippen molar-refractivity contribution in [3.05, 3.63) is 83.7 Å². The van der Waals surface area contributed by atoms with Gasteiger partial charge < -0.3 is 19.9 Å². The van der Waals surface area contributed by atoms with Crippen molar-refractivity contribution in [1.29, 1.82) is 0 Å². The molecule has 7 nitrogen and oxygen atoms in total. The van der Waals surface area contributed by atoms with Crippen molar-refractivity contribution in [2.75, 3.05) is 25.6 Å². The van der Waals surface area contributed by atoms with Gasteiger partial charge in [0, 0.05) is 11.3 Å². The summed E-state index contributed by atoms with van der Waals surface area (Å²) in [7, 11) is 0. The molecule has 0 aromatic heterocycles. The van der Waals surface area contributed by atoms with Crippen LogP contribution in [-0.4, -0.2) is 31.9 Å². The van der Waals surface area contributed by atoms with Crippen LogP contribution in [0.15, 0.2) is 71.8 Å². The van der Waals surface area contributed by atoms with E-state index in [1.54, 1.807) is 54.6 Å². The number of hydrogen-bond donors (Lipinski definition) is 2. The minimum Gasteiger partial charge on any atom is -0.490 e. The number of nitrogen functional groups attached to an aromatic ring is 1. The second-order valence-corrected chi connectivity index (χ2v) is 6.61. The highest BCUT2D eigenvalue weighted by molar-refractivity contribution is 5.95. The van der Waals surface area contributed by atoms with Gasteiger partial charge in [-0.05, 0) is 79.2 Å².